The Bertz CT molecular complexity index is 504. The van der Waals surface area contributed by atoms with E-state index in [1.807, 2.05) is 0 Å². The lowest BCUT2D eigenvalue weighted by atomic mass is 10.3. The molecular weight excluding hydrogens is 296 g/mol. The molecule has 0 unspecified atom stereocenters. The molecule has 0 radical (unpaired) electrons. The molecule has 1 aromatic rings. The predicted octanol–water partition coefficient (Wildman–Crippen LogP) is 0.941. The van der Waals surface area contributed by atoms with Crippen molar-refractivity contribution in [2.24, 2.45) is 0 Å². The van der Waals surface area contributed by atoms with Crippen molar-refractivity contribution in [2.45, 2.75) is 17.9 Å². The highest BCUT2D eigenvalue weighted by atomic mass is 32.2. The van der Waals surface area contributed by atoms with Gasteiger partial charge in [0, 0.05) is 19.2 Å². The lowest BCUT2D eigenvalue weighted by Crippen LogP contribution is -2.26. The van der Waals surface area contributed by atoms with E-state index in [1.54, 1.807) is 6.07 Å². The zero-order valence-electron chi connectivity index (χ0n) is 11.5. The largest absolute Gasteiger partial charge is 0.478 e. The minimum Gasteiger partial charge on any atom is -0.478 e. The van der Waals surface area contributed by atoms with Crippen LogP contribution in [-0.4, -0.2) is 47.3 Å². The Hall–Kier alpha value is -2.09. The van der Waals surface area contributed by atoms with Crippen LogP contribution in [0, 0.1) is 0 Å². The molecule has 0 aliphatic carbocycles. The number of hydrogen-bond donors (Lipinski definition) is 2. The average molecular weight is 312 g/mol. The van der Waals surface area contributed by atoms with E-state index in [9.17, 15) is 14.4 Å². The molecule has 114 valence electrons. The molecule has 0 saturated carbocycles. The number of nitrogens with zero attached hydrogens (tertiary/aromatic N) is 1. The molecule has 0 bridgehead atoms. The number of carbonyl (C=O) groups is 3. The second-order valence-electron chi connectivity index (χ2n) is 4.01. The maximum Gasteiger partial charge on any atom is 0.337 e. The predicted molar refractivity (Wildman–Crippen MR) is 76.2 cm³/mol. The maximum atomic E-state index is 11.5. The number of hydrogen-bond acceptors (Lipinski definition) is 6. The number of aromatic nitrogens is 1. The van der Waals surface area contributed by atoms with Crippen LogP contribution in [0.15, 0.2) is 23.4 Å². The number of amides is 1. The minimum absolute atomic E-state index is 0.103. The molecule has 1 aromatic heterocycles. The monoisotopic (exact) mass is 312 g/mol. The van der Waals surface area contributed by atoms with E-state index in [0.717, 1.165) is 0 Å². The molecule has 21 heavy (non-hydrogen) atoms. The summed E-state index contributed by atoms with van der Waals surface area (Å²) < 4.78 is 4.48. The molecule has 0 aromatic carbocycles. The van der Waals surface area contributed by atoms with Crippen molar-refractivity contribution < 1.29 is 24.2 Å². The molecule has 1 amide bonds. The Morgan fingerprint density at radius 2 is 2.14 bits per heavy atom. The van der Waals surface area contributed by atoms with Gasteiger partial charge < -0.3 is 15.2 Å². The van der Waals surface area contributed by atoms with Crippen LogP contribution in [0.4, 0.5) is 0 Å². The molecule has 0 aliphatic heterocycles. The van der Waals surface area contributed by atoms with Crippen LogP contribution >= 0.6 is 11.8 Å². The number of esters is 1. The summed E-state index contributed by atoms with van der Waals surface area (Å²) in [7, 11) is 1.32. The fourth-order valence-electron chi connectivity index (χ4n) is 1.35. The van der Waals surface area contributed by atoms with Crippen molar-refractivity contribution in [3.63, 3.8) is 0 Å². The molecule has 0 saturated heterocycles. The van der Waals surface area contributed by atoms with Crippen LogP contribution in [0.2, 0.25) is 0 Å². The third-order valence-corrected chi connectivity index (χ3v) is 3.39. The van der Waals surface area contributed by atoms with Gasteiger partial charge in [0.2, 0.25) is 5.91 Å². The Morgan fingerprint density at radius 1 is 1.38 bits per heavy atom. The van der Waals surface area contributed by atoms with Crippen LogP contribution in [0.1, 0.15) is 23.2 Å². The van der Waals surface area contributed by atoms with Crippen molar-refractivity contribution >= 4 is 29.6 Å². The Morgan fingerprint density at radius 3 is 2.71 bits per heavy atom. The van der Waals surface area contributed by atoms with Crippen molar-refractivity contribution in [1.29, 1.82) is 0 Å². The normalized spacial score (nSPS) is 9.95. The Balaban J connectivity index is 2.23. The summed E-state index contributed by atoms with van der Waals surface area (Å²) in [4.78, 5) is 37.0. The molecule has 8 heteroatoms. The molecule has 0 fully saturated rings. The van der Waals surface area contributed by atoms with Gasteiger partial charge in [0.15, 0.2) is 0 Å². The molecular formula is C13H16N2O5S. The summed E-state index contributed by atoms with van der Waals surface area (Å²) in [6, 6.07) is 2.99. The first-order chi connectivity index (χ1) is 10.0. The topological polar surface area (TPSA) is 106 Å². The molecule has 1 heterocycles. The zero-order valence-corrected chi connectivity index (χ0v) is 12.3. The van der Waals surface area contributed by atoms with Gasteiger partial charge in [-0.25, -0.2) is 9.78 Å². The van der Waals surface area contributed by atoms with Gasteiger partial charge in [0.1, 0.15) is 0 Å². The lowest BCUT2D eigenvalue weighted by Gasteiger charge is -2.04. The van der Waals surface area contributed by atoms with E-state index in [4.69, 9.17) is 5.11 Å². The van der Waals surface area contributed by atoms with E-state index >= 15 is 0 Å². The van der Waals surface area contributed by atoms with Gasteiger partial charge in [0.05, 0.1) is 23.5 Å². The number of carboxylic acid groups (broad SMARTS) is 1. The van der Waals surface area contributed by atoms with Crippen LogP contribution in [0.5, 0.6) is 0 Å². The van der Waals surface area contributed by atoms with E-state index < -0.39 is 5.97 Å². The molecule has 0 aliphatic rings. The number of methoxy groups -OCH3 is 1. The van der Waals surface area contributed by atoms with Gasteiger partial charge in [-0.1, -0.05) is 11.8 Å². The van der Waals surface area contributed by atoms with Crippen molar-refractivity contribution in [1.82, 2.24) is 10.3 Å². The summed E-state index contributed by atoms with van der Waals surface area (Å²) >= 11 is 1.21. The third-order valence-electron chi connectivity index (χ3n) is 2.44. The number of thioether (sulfide) groups is 1. The summed E-state index contributed by atoms with van der Waals surface area (Å²) in [5, 5.41) is 12.0. The van der Waals surface area contributed by atoms with E-state index in [1.165, 1.54) is 31.1 Å². The number of carbonyl (C=O) groups excluding carboxylic acids is 2. The second kappa shape index (κ2) is 8.96. The quantitative estimate of drug-likeness (QED) is 0.418. The highest BCUT2D eigenvalue weighted by Crippen LogP contribution is 2.14. The SMILES string of the molecule is COC(=O)CCCNC(=O)CSc1ccc(C(=O)O)cn1. The summed E-state index contributed by atoms with van der Waals surface area (Å²) in [5.41, 5.74) is 0.103. The number of nitrogens with one attached hydrogen (secondary N) is 1. The molecule has 2 N–H and O–H groups in total. The fourth-order valence-corrected chi connectivity index (χ4v) is 2.02. The van der Waals surface area contributed by atoms with Crippen molar-refractivity contribution in [3.8, 4) is 0 Å². The van der Waals surface area contributed by atoms with Crippen LogP contribution < -0.4 is 5.32 Å². The zero-order chi connectivity index (χ0) is 15.7. The van der Waals surface area contributed by atoms with Crippen LogP contribution in [0.25, 0.3) is 0 Å². The Kier molecular flexibility index (Phi) is 7.24. The van der Waals surface area contributed by atoms with E-state index in [2.05, 4.69) is 15.0 Å². The van der Waals surface area contributed by atoms with Gasteiger partial charge in [-0.05, 0) is 18.6 Å². The molecule has 0 atom stereocenters. The first-order valence-electron chi connectivity index (χ1n) is 6.18. The highest BCUT2D eigenvalue weighted by Gasteiger charge is 2.06. The van der Waals surface area contributed by atoms with E-state index in [0.29, 0.717) is 18.0 Å². The first-order valence-corrected chi connectivity index (χ1v) is 7.17. The van der Waals surface area contributed by atoms with Gasteiger partial charge in [-0.3, -0.25) is 9.59 Å². The van der Waals surface area contributed by atoms with Gasteiger partial charge in [0.25, 0.3) is 0 Å². The number of ether oxygens (including phenoxy) is 1. The number of carboxylic acids is 1. The summed E-state index contributed by atoms with van der Waals surface area (Å²) in [5.74, 6) is -1.34. The number of rotatable bonds is 8. The Labute approximate surface area is 126 Å². The number of pyridine rings is 1. The molecule has 1 rings (SSSR count). The average Bonchev–Trinajstić information content (AvgIpc) is 2.49. The maximum absolute atomic E-state index is 11.5. The number of aromatic carboxylic acids is 1. The van der Waals surface area contributed by atoms with Gasteiger partial charge >= 0.3 is 11.9 Å². The lowest BCUT2D eigenvalue weighted by molar-refractivity contribution is -0.140. The summed E-state index contributed by atoms with van der Waals surface area (Å²) in [6.45, 7) is 0.403. The standard InChI is InChI=1S/C13H16N2O5S/c1-20-12(17)3-2-6-14-10(16)8-21-11-5-4-9(7-15-11)13(18)19/h4-5,7H,2-3,6,8H2,1H3,(H,14,16)(H,18,19). The van der Waals surface area contributed by atoms with E-state index in [-0.39, 0.29) is 29.6 Å². The smallest absolute Gasteiger partial charge is 0.337 e. The minimum atomic E-state index is -1.04. The first kappa shape index (κ1) is 17.0. The summed E-state index contributed by atoms with van der Waals surface area (Å²) in [6.07, 6.45) is 2.04. The van der Waals surface area contributed by atoms with Gasteiger partial charge in [-0.15, -0.1) is 0 Å². The fraction of sp³-hybridized carbons (Fsp3) is 0.385. The second-order valence-corrected chi connectivity index (χ2v) is 5.00. The third kappa shape index (κ3) is 6.75. The van der Waals surface area contributed by atoms with Crippen LogP contribution in [0.3, 0.4) is 0 Å². The van der Waals surface area contributed by atoms with Crippen LogP contribution in [-0.2, 0) is 14.3 Å². The van der Waals surface area contributed by atoms with Crippen molar-refractivity contribution in [2.75, 3.05) is 19.4 Å². The molecule has 7 nitrogen and oxygen atoms in total. The molecule has 0 spiro atoms. The van der Waals surface area contributed by atoms with Crippen molar-refractivity contribution in [3.05, 3.63) is 23.9 Å². The van der Waals surface area contributed by atoms with Gasteiger partial charge in [-0.2, -0.15) is 0 Å². The highest BCUT2D eigenvalue weighted by molar-refractivity contribution is 7.99.